The molecule has 1 N–H and O–H groups in total. The van der Waals surface area contributed by atoms with Crippen LogP contribution in [0.15, 0.2) is 65.7 Å². The fourth-order valence-electron chi connectivity index (χ4n) is 2.91. The Morgan fingerprint density at radius 3 is 2.70 bits per heavy atom. The number of H-pyrrole nitrogens is 1. The predicted octanol–water partition coefficient (Wildman–Crippen LogP) is 2.34. The average Bonchev–Trinajstić information content (AvgIpc) is 3.15. The summed E-state index contributed by atoms with van der Waals surface area (Å²) >= 11 is 0. The smallest absolute Gasteiger partial charge is 0.270 e. The topological polar surface area (TPSA) is 84.5 Å². The van der Waals surface area contributed by atoms with Gasteiger partial charge in [-0.2, -0.15) is 0 Å². The number of hydrogen-bond donors (Lipinski definition) is 1. The van der Waals surface area contributed by atoms with Crippen molar-refractivity contribution >= 4 is 5.91 Å². The van der Waals surface area contributed by atoms with Gasteiger partial charge in [0.1, 0.15) is 5.69 Å². The maximum Gasteiger partial charge on any atom is 0.270 e. The molecule has 0 radical (unpaired) electrons. The third kappa shape index (κ3) is 3.82. The molecule has 0 spiro atoms. The highest BCUT2D eigenvalue weighted by molar-refractivity contribution is 5.92. The lowest BCUT2D eigenvalue weighted by atomic mass is 10.1. The summed E-state index contributed by atoms with van der Waals surface area (Å²) in [5, 5.41) is 0. The SMILES string of the molecule is O=C(c1cccc(=O)[nH]1)N(Cc1cccnc1)Cc1ccc2c(c1)OCO2. The van der Waals surface area contributed by atoms with Crippen molar-refractivity contribution < 1.29 is 14.3 Å². The van der Waals surface area contributed by atoms with Crippen molar-refractivity contribution in [3.63, 3.8) is 0 Å². The van der Waals surface area contributed by atoms with E-state index in [1.807, 2.05) is 30.3 Å². The summed E-state index contributed by atoms with van der Waals surface area (Å²) in [6.07, 6.45) is 3.40. The quantitative estimate of drug-likeness (QED) is 0.752. The van der Waals surface area contributed by atoms with Gasteiger partial charge in [-0.3, -0.25) is 14.6 Å². The molecular weight excluding hydrogens is 346 g/mol. The molecule has 1 amide bonds. The first-order valence-corrected chi connectivity index (χ1v) is 8.45. The molecule has 27 heavy (non-hydrogen) atoms. The Balaban J connectivity index is 1.63. The molecule has 7 nitrogen and oxygen atoms in total. The molecule has 0 bridgehead atoms. The number of carbonyl (C=O) groups excluding carboxylic acids is 1. The number of fused-ring (bicyclic) bond motifs is 1. The molecule has 0 fully saturated rings. The maximum absolute atomic E-state index is 13.0. The molecule has 136 valence electrons. The predicted molar refractivity (Wildman–Crippen MR) is 97.4 cm³/mol. The fourth-order valence-corrected chi connectivity index (χ4v) is 2.91. The Bertz CT molecular complexity index is 1020. The van der Waals surface area contributed by atoms with Crippen molar-refractivity contribution in [1.82, 2.24) is 14.9 Å². The van der Waals surface area contributed by atoms with Gasteiger partial charge < -0.3 is 19.4 Å². The molecule has 0 saturated heterocycles. The molecule has 0 atom stereocenters. The number of pyridine rings is 2. The fraction of sp³-hybridized carbons (Fsp3) is 0.150. The molecule has 1 aliphatic rings. The summed E-state index contributed by atoms with van der Waals surface area (Å²) in [4.78, 5) is 33.0. The number of amides is 1. The van der Waals surface area contributed by atoms with E-state index in [0.717, 1.165) is 11.1 Å². The normalized spacial score (nSPS) is 12.0. The zero-order chi connectivity index (χ0) is 18.6. The van der Waals surface area contributed by atoms with Gasteiger partial charge in [-0.1, -0.05) is 18.2 Å². The van der Waals surface area contributed by atoms with Gasteiger partial charge in [0.25, 0.3) is 5.91 Å². The van der Waals surface area contributed by atoms with Gasteiger partial charge in [-0.15, -0.1) is 0 Å². The summed E-state index contributed by atoms with van der Waals surface area (Å²) in [6, 6.07) is 13.8. The molecule has 7 heteroatoms. The molecule has 1 aliphatic heterocycles. The third-order valence-electron chi connectivity index (χ3n) is 4.19. The van der Waals surface area contributed by atoms with E-state index in [1.165, 1.54) is 6.07 Å². The highest BCUT2D eigenvalue weighted by Gasteiger charge is 2.20. The number of aromatic amines is 1. The van der Waals surface area contributed by atoms with Crippen molar-refractivity contribution in [2.24, 2.45) is 0 Å². The largest absolute Gasteiger partial charge is 0.454 e. The summed E-state index contributed by atoms with van der Waals surface area (Å²) in [5.74, 6) is 1.08. The maximum atomic E-state index is 13.0. The van der Waals surface area contributed by atoms with Crippen LogP contribution < -0.4 is 15.0 Å². The van der Waals surface area contributed by atoms with Crippen LogP contribution in [0, 0.1) is 0 Å². The third-order valence-corrected chi connectivity index (χ3v) is 4.19. The first-order chi connectivity index (χ1) is 13.2. The average molecular weight is 363 g/mol. The Labute approximate surface area is 155 Å². The van der Waals surface area contributed by atoms with Crippen LogP contribution in [0.1, 0.15) is 21.6 Å². The van der Waals surface area contributed by atoms with E-state index in [0.29, 0.717) is 24.6 Å². The van der Waals surface area contributed by atoms with Crippen LogP contribution in [0.5, 0.6) is 11.5 Å². The van der Waals surface area contributed by atoms with E-state index < -0.39 is 0 Å². The lowest BCUT2D eigenvalue weighted by molar-refractivity contribution is 0.0723. The molecule has 4 rings (SSSR count). The van der Waals surface area contributed by atoms with E-state index >= 15 is 0 Å². The van der Waals surface area contributed by atoms with Gasteiger partial charge in [-0.25, -0.2) is 0 Å². The van der Waals surface area contributed by atoms with E-state index in [-0.39, 0.29) is 24.0 Å². The number of nitrogens with one attached hydrogen (secondary N) is 1. The lowest BCUT2D eigenvalue weighted by Crippen LogP contribution is -2.31. The number of aromatic nitrogens is 2. The number of ether oxygens (including phenoxy) is 2. The Hall–Kier alpha value is -3.61. The van der Waals surface area contributed by atoms with Crippen molar-refractivity contribution in [1.29, 1.82) is 0 Å². The van der Waals surface area contributed by atoms with E-state index in [2.05, 4.69) is 9.97 Å². The first kappa shape index (κ1) is 16.8. The minimum atomic E-state index is -0.315. The van der Waals surface area contributed by atoms with Crippen LogP contribution in [0.25, 0.3) is 0 Å². The van der Waals surface area contributed by atoms with Crippen molar-refractivity contribution in [2.75, 3.05) is 6.79 Å². The second-order valence-electron chi connectivity index (χ2n) is 6.14. The highest BCUT2D eigenvalue weighted by Crippen LogP contribution is 2.33. The van der Waals surface area contributed by atoms with Gasteiger partial charge in [0.15, 0.2) is 11.5 Å². The molecule has 0 aliphatic carbocycles. The van der Waals surface area contributed by atoms with Crippen LogP contribution in [0.4, 0.5) is 0 Å². The number of carbonyl (C=O) groups is 1. The second-order valence-corrected chi connectivity index (χ2v) is 6.14. The number of benzene rings is 1. The zero-order valence-electron chi connectivity index (χ0n) is 14.4. The Morgan fingerprint density at radius 2 is 1.89 bits per heavy atom. The lowest BCUT2D eigenvalue weighted by Gasteiger charge is -2.23. The summed E-state index contributed by atoms with van der Waals surface area (Å²) in [6.45, 7) is 0.904. The van der Waals surface area contributed by atoms with Gasteiger partial charge in [0.2, 0.25) is 12.4 Å². The van der Waals surface area contributed by atoms with Crippen LogP contribution in [-0.4, -0.2) is 27.6 Å². The monoisotopic (exact) mass is 363 g/mol. The molecule has 1 aromatic carbocycles. The van der Waals surface area contributed by atoms with Crippen molar-refractivity contribution in [3.8, 4) is 11.5 Å². The minimum Gasteiger partial charge on any atom is -0.454 e. The van der Waals surface area contributed by atoms with E-state index in [4.69, 9.17) is 9.47 Å². The second kappa shape index (κ2) is 7.33. The van der Waals surface area contributed by atoms with Crippen LogP contribution >= 0.6 is 0 Å². The summed E-state index contributed by atoms with van der Waals surface area (Å²) in [5.41, 5.74) is 1.72. The van der Waals surface area contributed by atoms with Gasteiger partial charge in [0.05, 0.1) is 0 Å². The number of rotatable bonds is 5. The Morgan fingerprint density at radius 1 is 1.04 bits per heavy atom. The number of nitrogens with zero attached hydrogens (tertiary/aromatic N) is 2. The minimum absolute atomic E-state index is 0.197. The summed E-state index contributed by atoms with van der Waals surface area (Å²) in [7, 11) is 0. The highest BCUT2D eigenvalue weighted by atomic mass is 16.7. The number of hydrogen-bond acceptors (Lipinski definition) is 5. The van der Waals surface area contributed by atoms with E-state index in [1.54, 1.807) is 29.4 Å². The zero-order valence-corrected chi connectivity index (χ0v) is 14.4. The van der Waals surface area contributed by atoms with Crippen LogP contribution in [0.2, 0.25) is 0 Å². The van der Waals surface area contributed by atoms with Crippen LogP contribution in [-0.2, 0) is 13.1 Å². The first-order valence-electron chi connectivity index (χ1n) is 8.45. The van der Waals surface area contributed by atoms with Crippen LogP contribution in [0.3, 0.4) is 0 Å². The molecule has 3 aromatic rings. The van der Waals surface area contributed by atoms with Gasteiger partial charge in [-0.05, 0) is 35.4 Å². The van der Waals surface area contributed by atoms with Gasteiger partial charge >= 0.3 is 0 Å². The molecule has 2 aromatic heterocycles. The Kier molecular flexibility index (Phi) is 4.57. The van der Waals surface area contributed by atoms with E-state index in [9.17, 15) is 9.59 Å². The summed E-state index contributed by atoms with van der Waals surface area (Å²) < 4.78 is 10.7. The molecule has 0 saturated carbocycles. The van der Waals surface area contributed by atoms with Crippen molar-refractivity contribution in [3.05, 3.63) is 88.1 Å². The molecule has 0 unspecified atom stereocenters. The standard InChI is InChI=1S/C20H17N3O4/c24-19-5-1-4-16(22-19)20(25)23(12-15-3-2-8-21-10-15)11-14-6-7-17-18(9-14)27-13-26-17/h1-10H,11-13H2,(H,22,24). The molecular formula is C20H17N3O4. The molecule has 3 heterocycles. The van der Waals surface area contributed by atoms with Crippen molar-refractivity contribution in [2.45, 2.75) is 13.1 Å². The van der Waals surface area contributed by atoms with Gasteiger partial charge in [0, 0.05) is 31.5 Å².